The number of nitrogens with zero attached hydrogens (tertiary/aromatic N) is 1. The van der Waals surface area contributed by atoms with Crippen LogP contribution in [0, 0.1) is 5.82 Å². The normalized spacial score (nSPS) is 16.6. The highest BCUT2D eigenvalue weighted by atomic mass is 35.5. The number of carbonyl (C=O) groups is 1. The van der Waals surface area contributed by atoms with Crippen LogP contribution in [-0.4, -0.2) is 11.0 Å². The van der Waals surface area contributed by atoms with Crippen molar-refractivity contribution in [2.75, 3.05) is 4.90 Å². The van der Waals surface area contributed by atoms with Gasteiger partial charge in [0.25, 0.3) is 5.91 Å². The maximum Gasteiger partial charge on any atom is 0.295 e. The molecule has 1 N–H and O–H groups in total. The van der Waals surface area contributed by atoms with E-state index in [0.717, 1.165) is 4.90 Å². The predicted molar refractivity (Wildman–Crippen MR) is 115 cm³/mol. The van der Waals surface area contributed by atoms with E-state index in [4.69, 9.17) is 23.2 Å². The van der Waals surface area contributed by atoms with E-state index < -0.39 is 23.5 Å². The van der Waals surface area contributed by atoms with E-state index in [1.807, 2.05) is 30.3 Å². The molecule has 146 valence electrons. The van der Waals surface area contributed by atoms with Crippen LogP contribution in [0.2, 0.25) is 10.0 Å². The number of anilines is 1. The molecule has 3 aromatic rings. The molecule has 1 aliphatic rings. The van der Waals surface area contributed by atoms with Gasteiger partial charge in [-0.25, -0.2) is 4.39 Å². The highest BCUT2D eigenvalue weighted by molar-refractivity contribution is 8.03. The Labute approximate surface area is 181 Å². The Kier molecular flexibility index (Phi) is 5.54. The lowest BCUT2D eigenvalue weighted by Gasteiger charge is -2.27. The van der Waals surface area contributed by atoms with Crippen LogP contribution in [0.15, 0.2) is 88.4 Å². The van der Waals surface area contributed by atoms with Gasteiger partial charge in [-0.3, -0.25) is 9.69 Å². The average Bonchev–Trinajstić information content (AvgIpc) is 2.96. The molecule has 3 nitrogen and oxygen atoms in total. The summed E-state index contributed by atoms with van der Waals surface area (Å²) in [4.78, 5) is 15.5. The van der Waals surface area contributed by atoms with Crippen LogP contribution in [-0.2, 0) is 4.79 Å². The van der Waals surface area contributed by atoms with Gasteiger partial charge >= 0.3 is 0 Å². The minimum atomic E-state index is -0.724. The van der Waals surface area contributed by atoms with Gasteiger partial charge in [-0.05, 0) is 42.0 Å². The monoisotopic (exact) mass is 445 g/mol. The Balaban J connectivity index is 1.86. The minimum Gasteiger partial charge on any atom is -0.502 e. The van der Waals surface area contributed by atoms with Crippen molar-refractivity contribution in [3.8, 4) is 0 Å². The molecule has 1 amide bonds. The van der Waals surface area contributed by atoms with Crippen molar-refractivity contribution in [1.29, 1.82) is 0 Å². The lowest BCUT2D eigenvalue weighted by Crippen LogP contribution is -2.31. The molecular weight excluding hydrogens is 432 g/mol. The van der Waals surface area contributed by atoms with Crippen molar-refractivity contribution >= 4 is 46.6 Å². The maximum atomic E-state index is 14.8. The van der Waals surface area contributed by atoms with Crippen LogP contribution in [0.3, 0.4) is 0 Å². The Morgan fingerprint density at radius 3 is 2.31 bits per heavy atom. The smallest absolute Gasteiger partial charge is 0.295 e. The zero-order chi connectivity index (χ0) is 20.5. The first-order valence-electron chi connectivity index (χ1n) is 8.66. The molecule has 1 aliphatic heterocycles. The van der Waals surface area contributed by atoms with Crippen molar-refractivity contribution in [3.63, 3.8) is 0 Å². The van der Waals surface area contributed by atoms with Crippen molar-refractivity contribution in [1.82, 2.24) is 0 Å². The number of rotatable bonds is 4. The van der Waals surface area contributed by atoms with Crippen LogP contribution >= 0.6 is 35.0 Å². The van der Waals surface area contributed by atoms with Crippen LogP contribution in [0.4, 0.5) is 10.1 Å². The molecule has 0 saturated carbocycles. The quantitative estimate of drug-likeness (QED) is 0.480. The molecule has 0 bridgehead atoms. The summed E-state index contributed by atoms with van der Waals surface area (Å²) in [6.07, 6.45) is 0. The predicted octanol–water partition coefficient (Wildman–Crippen LogP) is 6.78. The molecule has 0 aromatic heterocycles. The summed E-state index contributed by atoms with van der Waals surface area (Å²) in [5, 5.41) is 11.1. The number of halogens is 3. The summed E-state index contributed by atoms with van der Waals surface area (Å²) in [7, 11) is 0. The van der Waals surface area contributed by atoms with Crippen molar-refractivity contribution in [2.45, 2.75) is 10.9 Å². The Hall–Kier alpha value is -2.47. The molecule has 0 spiro atoms. The zero-order valence-corrected chi connectivity index (χ0v) is 17.2. The largest absolute Gasteiger partial charge is 0.502 e. The third kappa shape index (κ3) is 3.73. The number of hydrogen-bond acceptors (Lipinski definition) is 3. The van der Waals surface area contributed by atoms with E-state index >= 15 is 0 Å². The number of carbonyl (C=O) groups excluding carboxylic acids is 1. The summed E-state index contributed by atoms with van der Waals surface area (Å²) in [6, 6.07) is 19.9. The topological polar surface area (TPSA) is 40.5 Å². The number of amides is 1. The second-order valence-corrected chi connectivity index (χ2v) is 8.29. The summed E-state index contributed by atoms with van der Waals surface area (Å²) in [6.45, 7) is 0. The molecule has 1 unspecified atom stereocenters. The minimum absolute atomic E-state index is 0.00217. The molecule has 0 fully saturated rings. The Morgan fingerprint density at radius 1 is 0.931 bits per heavy atom. The van der Waals surface area contributed by atoms with Gasteiger partial charge in [0, 0.05) is 9.92 Å². The lowest BCUT2D eigenvalue weighted by atomic mass is 10.1. The van der Waals surface area contributed by atoms with Gasteiger partial charge < -0.3 is 5.11 Å². The molecule has 29 heavy (non-hydrogen) atoms. The Morgan fingerprint density at radius 2 is 1.62 bits per heavy atom. The van der Waals surface area contributed by atoms with E-state index in [2.05, 4.69) is 0 Å². The first kappa shape index (κ1) is 19.8. The molecule has 4 rings (SSSR count). The first-order chi connectivity index (χ1) is 14.0. The number of thioether (sulfide) groups is 1. The maximum absolute atomic E-state index is 14.8. The van der Waals surface area contributed by atoms with Crippen LogP contribution in [0.5, 0.6) is 0 Å². The molecule has 7 heteroatoms. The lowest BCUT2D eigenvalue weighted by molar-refractivity contribution is -0.117. The summed E-state index contributed by atoms with van der Waals surface area (Å²) < 4.78 is 14.8. The molecule has 0 aliphatic carbocycles. The fraction of sp³-hybridized carbons (Fsp3) is 0.0455. The van der Waals surface area contributed by atoms with Gasteiger partial charge in [-0.15, -0.1) is 0 Å². The van der Waals surface area contributed by atoms with Gasteiger partial charge in [0.2, 0.25) is 0 Å². The number of hydrogen-bond donors (Lipinski definition) is 1. The summed E-state index contributed by atoms with van der Waals surface area (Å²) in [5.74, 6) is -1.83. The molecule has 3 aromatic carbocycles. The first-order valence-corrected chi connectivity index (χ1v) is 10.2. The SMILES string of the molecule is O=C1C(O)=C(Sc2ccccc2)C(c2ccc(Cl)cc2)N1c1cccc(Cl)c1F. The molecule has 0 saturated heterocycles. The standard InChI is InChI=1S/C22H14Cl2FNO2S/c23-14-11-9-13(10-12-14)19-21(29-15-5-2-1-3-6-15)20(27)22(28)26(19)17-8-4-7-16(24)18(17)25/h1-12,19,27H. The van der Waals surface area contributed by atoms with E-state index in [-0.39, 0.29) is 10.7 Å². The third-order valence-electron chi connectivity index (χ3n) is 4.51. The van der Waals surface area contributed by atoms with Gasteiger partial charge in [0.15, 0.2) is 11.6 Å². The average molecular weight is 446 g/mol. The highest BCUT2D eigenvalue weighted by Crippen LogP contribution is 2.48. The van der Waals surface area contributed by atoms with Gasteiger partial charge in [0.1, 0.15) is 0 Å². The summed E-state index contributed by atoms with van der Waals surface area (Å²) >= 11 is 13.2. The molecule has 0 radical (unpaired) electrons. The third-order valence-corrected chi connectivity index (χ3v) is 6.20. The second-order valence-electron chi connectivity index (χ2n) is 6.33. The fourth-order valence-electron chi connectivity index (χ4n) is 3.18. The number of benzene rings is 3. The fourth-order valence-corrected chi connectivity index (χ4v) is 4.56. The van der Waals surface area contributed by atoms with Crippen LogP contribution < -0.4 is 4.90 Å². The van der Waals surface area contributed by atoms with Crippen molar-refractivity contribution < 1.29 is 14.3 Å². The van der Waals surface area contributed by atoms with Gasteiger partial charge in [-0.1, -0.05) is 71.4 Å². The summed E-state index contributed by atoms with van der Waals surface area (Å²) in [5.41, 5.74) is 0.683. The van der Waals surface area contributed by atoms with Crippen molar-refractivity contribution in [2.24, 2.45) is 0 Å². The Bertz CT molecular complexity index is 1100. The number of aliphatic hydroxyl groups excluding tert-OH is 1. The molecule has 1 heterocycles. The second kappa shape index (κ2) is 8.11. The van der Waals surface area contributed by atoms with E-state index in [0.29, 0.717) is 15.5 Å². The van der Waals surface area contributed by atoms with Crippen LogP contribution in [0.1, 0.15) is 11.6 Å². The molecular formula is C22H14Cl2FNO2S. The van der Waals surface area contributed by atoms with Crippen LogP contribution in [0.25, 0.3) is 0 Å². The van der Waals surface area contributed by atoms with E-state index in [9.17, 15) is 14.3 Å². The van der Waals surface area contributed by atoms with Gasteiger partial charge in [-0.2, -0.15) is 0 Å². The highest BCUT2D eigenvalue weighted by Gasteiger charge is 2.43. The zero-order valence-electron chi connectivity index (χ0n) is 14.9. The van der Waals surface area contributed by atoms with E-state index in [1.165, 1.54) is 28.8 Å². The number of aliphatic hydroxyl groups is 1. The van der Waals surface area contributed by atoms with Gasteiger partial charge in [0.05, 0.1) is 21.7 Å². The van der Waals surface area contributed by atoms with Crippen molar-refractivity contribution in [3.05, 3.63) is 105 Å². The molecule has 1 atom stereocenters. The van der Waals surface area contributed by atoms with E-state index in [1.54, 1.807) is 30.3 Å².